The predicted molar refractivity (Wildman–Crippen MR) is 99.1 cm³/mol. The maximum atomic E-state index is 13.4. The Balaban J connectivity index is 2.63. The number of nitrogens with one attached hydrogen (secondary N) is 1. The van der Waals surface area contributed by atoms with Crippen molar-refractivity contribution in [2.75, 3.05) is 18.9 Å². The van der Waals surface area contributed by atoms with Crippen molar-refractivity contribution in [2.24, 2.45) is 0 Å². The van der Waals surface area contributed by atoms with Crippen molar-refractivity contribution in [2.45, 2.75) is 20.0 Å². The topological polar surface area (TPSA) is 108 Å². The van der Waals surface area contributed by atoms with Gasteiger partial charge in [0.25, 0.3) is 21.7 Å². The number of alkyl halides is 3. The standard InChI is InChI=1S/C16H18F3N5O4S/c1-6-7-10(16(17,18)19)13(9(2)3)29(25,26)23-14-21-15-20-11(27-4)8-12(28-5)24(15)22-14/h6-8H,2H2,1,3-5H3,(H,22,23)/b7-6-,13-10-. The number of nitrogens with zero attached hydrogens (tertiary/aromatic N) is 4. The van der Waals surface area contributed by atoms with Gasteiger partial charge in [-0.05, 0) is 19.4 Å². The van der Waals surface area contributed by atoms with E-state index in [-0.39, 0.29) is 23.1 Å². The number of hydrogen-bond donors (Lipinski definition) is 1. The van der Waals surface area contributed by atoms with Crippen LogP contribution in [-0.4, -0.2) is 48.4 Å². The molecule has 2 aromatic heterocycles. The molecule has 158 valence electrons. The molecule has 0 radical (unpaired) electrons. The molecule has 0 aliphatic carbocycles. The summed E-state index contributed by atoms with van der Waals surface area (Å²) in [7, 11) is -2.06. The number of ether oxygens (including phenoxy) is 2. The Morgan fingerprint density at radius 2 is 1.93 bits per heavy atom. The fourth-order valence-corrected chi connectivity index (χ4v) is 3.72. The van der Waals surface area contributed by atoms with E-state index in [0.717, 1.165) is 17.5 Å². The molecule has 0 fully saturated rings. The summed E-state index contributed by atoms with van der Waals surface area (Å²) in [5, 5.41) is 3.87. The van der Waals surface area contributed by atoms with Crippen LogP contribution >= 0.6 is 0 Å². The van der Waals surface area contributed by atoms with Gasteiger partial charge in [-0.3, -0.25) is 0 Å². The van der Waals surface area contributed by atoms with Crippen molar-refractivity contribution in [1.29, 1.82) is 0 Å². The van der Waals surface area contributed by atoms with Crippen LogP contribution in [0.2, 0.25) is 0 Å². The fraction of sp³-hybridized carbons (Fsp3) is 0.312. The maximum absolute atomic E-state index is 13.4. The second-order valence-corrected chi connectivity index (χ2v) is 7.23. The Labute approximate surface area is 164 Å². The highest BCUT2D eigenvalue weighted by molar-refractivity contribution is 7.96. The molecule has 0 saturated carbocycles. The van der Waals surface area contributed by atoms with Gasteiger partial charge in [-0.2, -0.15) is 27.7 Å². The molecule has 0 aromatic carbocycles. The molecular formula is C16H18F3N5O4S. The minimum Gasteiger partial charge on any atom is -0.481 e. The number of hydrogen-bond acceptors (Lipinski definition) is 7. The minimum atomic E-state index is -4.93. The van der Waals surface area contributed by atoms with Gasteiger partial charge in [0.05, 0.1) is 25.9 Å². The van der Waals surface area contributed by atoms with Crippen molar-refractivity contribution in [3.8, 4) is 11.8 Å². The highest BCUT2D eigenvalue weighted by atomic mass is 32.2. The van der Waals surface area contributed by atoms with Gasteiger partial charge in [-0.25, -0.2) is 13.1 Å². The predicted octanol–water partition coefficient (Wildman–Crippen LogP) is 2.85. The smallest absolute Gasteiger partial charge is 0.417 e. The molecule has 2 rings (SSSR count). The molecule has 2 aromatic rings. The molecule has 13 heteroatoms. The number of anilines is 1. The van der Waals surface area contributed by atoms with Crippen LogP contribution in [0.15, 0.2) is 40.8 Å². The van der Waals surface area contributed by atoms with E-state index in [2.05, 4.69) is 21.6 Å². The van der Waals surface area contributed by atoms with Crippen LogP contribution in [0.3, 0.4) is 0 Å². The highest BCUT2D eigenvalue weighted by Crippen LogP contribution is 2.34. The highest BCUT2D eigenvalue weighted by Gasteiger charge is 2.39. The summed E-state index contributed by atoms with van der Waals surface area (Å²) in [5.74, 6) is -0.370. The first-order valence-corrected chi connectivity index (χ1v) is 9.41. The van der Waals surface area contributed by atoms with Gasteiger partial charge in [0.1, 0.15) is 4.91 Å². The second-order valence-electron chi connectivity index (χ2n) is 5.61. The van der Waals surface area contributed by atoms with Gasteiger partial charge in [-0.15, -0.1) is 5.10 Å². The molecule has 0 unspecified atom stereocenters. The van der Waals surface area contributed by atoms with Gasteiger partial charge in [-0.1, -0.05) is 18.7 Å². The third kappa shape index (κ3) is 4.67. The van der Waals surface area contributed by atoms with Crippen molar-refractivity contribution in [3.05, 3.63) is 40.8 Å². The molecule has 0 aliphatic rings. The van der Waals surface area contributed by atoms with E-state index in [1.165, 1.54) is 27.2 Å². The van der Waals surface area contributed by atoms with E-state index < -0.39 is 32.6 Å². The summed E-state index contributed by atoms with van der Waals surface area (Å²) >= 11 is 0. The Bertz CT molecular complexity index is 1100. The van der Waals surface area contributed by atoms with Crippen LogP contribution < -0.4 is 14.2 Å². The van der Waals surface area contributed by atoms with Crippen LogP contribution in [0.5, 0.6) is 11.8 Å². The van der Waals surface area contributed by atoms with Gasteiger partial charge >= 0.3 is 6.18 Å². The first kappa shape index (κ1) is 22.2. The summed E-state index contributed by atoms with van der Waals surface area (Å²) in [4.78, 5) is 6.80. The van der Waals surface area contributed by atoms with Crippen molar-refractivity contribution < 1.29 is 31.1 Å². The molecule has 1 N–H and O–H groups in total. The summed E-state index contributed by atoms with van der Waals surface area (Å²) in [5.41, 5.74) is -1.69. The summed E-state index contributed by atoms with van der Waals surface area (Å²) < 4.78 is 78.8. The number of allylic oxidation sites excluding steroid dienone is 4. The monoisotopic (exact) mass is 433 g/mol. The van der Waals surface area contributed by atoms with Crippen LogP contribution in [0, 0.1) is 0 Å². The third-order valence-corrected chi connectivity index (χ3v) is 5.00. The first-order chi connectivity index (χ1) is 13.4. The Morgan fingerprint density at radius 3 is 2.41 bits per heavy atom. The first-order valence-electron chi connectivity index (χ1n) is 7.93. The molecule has 0 amide bonds. The zero-order valence-corrected chi connectivity index (χ0v) is 16.7. The zero-order valence-electron chi connectivity index (χ0n) is 15.9. The number of fused-ring (bicyclic) bond motifs is 1. The largest absolute Gasteiger partial charge is 0.481 e. The van der Waals surface area contributed by atoms with Crippen LogP contribution in [-0.2, 0) is 10.0 Å². The molecule has 0 spiro atoms. The maximum Gasteiger partial charge on any atom is 0.417 e. The van der Waals surface area contributed by atoms with Crippen LogP contribution in [0.1, 0.15) is 13.8 Å². The zero-order chi connectivity index (χ0) is 22.0. The molecule has 0 bridgehead atoms. The average molecular weight is 433 g/mol. The van der Waals surface area contributed by atoms with Crippen molar-refractivity contribution in [3.63, 3.8) is 0 Å². The number of rotatable bonds is 7. The van der Waals surface area contributed by atoms with E-state index >= 15 is 0 Å². The SMILES string of the molecule is C=C(C)/C(=C(\C=C/C)C(F)(F)F)S(=O)(=O)Nc1nc2nc(OC)cc(OC)n2n1. The molecule has 29 heavy (non-hydrogen) atoms. The van der Waals surface area contributed by atoms with Gasteiger partial charge in [0.2, 0.25) is 11.8 Å². The minimum absolute atomic E-state index is 0.0933. The van der Waals surface area contributed by atoms with Crippen LogP contribution in [0.4, 0.5) is 19.1 Å². The number of methoxy groups -OCH3 is 2. The summed E-state index contributed by atoms with van der Waals surface area (Å²) in [6, 6.07) is 1.37. The lowest BCUT2D eigenvalue weighted by atomic mass is 10.1. The normalized spacial score (nSPS) is 13.5. The molecule has 9 nitrogen and oxygen atoms in total. The quantitative estimate of drug-likeness (QED) is 0.669. The molecular weight excluding hydrogens is 415 g/mol. The summed E-state index contributed by atoms with van der Waals surface area (Å²) in [6.45, 7) is 5.85. The summed E-state index contributed by atoms with van der Waals surface area (Å²) in [6.07, 6.45) is -3.21. The number of aromatic nitrogens is 4. The lowest BCUT2D eigenvalue weighted by molar-refractivity contribution is -0.0885. The van der Waals surface area contributed by atoms with Gasteiger partial charge < -0.3 is 9.47 Å². The van der Waals surface area contributed by atoms with E-state index in [9.17, 15) is 21.6 Å². The van der Waals surface area contributed by atoms with Crippen molar-refractivity contribution >= 4 is 21.7 Å². The second kappa shape index (κ2) is 8.11. The lowest BCUT2D eigenvalue weighted by Gasteiger charge is -2.16. The molecule has 2 heterocycles. The Hall–Kier alpha value is -3.09. The fourth-order valence-electron chi connectivity index (χ4n) is 2.36. The van der Waals surface area contributed by atoms with E-state index in [1.54, 1.807) is 0 Å². The number of halogens is 3. The molecule has 0 saturated heterocycles. The van der Waals surface area contributed by atoms with Crippen LogP contribution in [0.25, 0.3) is 5.78 Å². The van der Waals surface area contributed by atoms with E-state index in [4.69, 9.17) is 9.47 Å². The Morgan fingerprint density at radius 1 is 1.28 bits per heavy atom. The van der Waals surface area contributed by atoms with Gasteiger partial charge in [0.15, 0.2) is 0 Å². The van der Waals surface area contributed by atoms with Crippen molar-refractivity contribution in [1.82, 2.24) is 19.6 Å². The lowest BCUT2D eigenvalue weighted by Crippen LogP contribution is -2.23. The number of sulfonamides is 1. The van der Waals surface area contributed by atoms with E-state index in [1.807, 2.05) is 4.72 Å². The van der Waals surface area contributed by atoms with E-state index in [0.29, 0.717) is 6.08 Å². The molecule has 0 aliphatic heterocycles. The average Bonchev–Trinajstić information content (AvgIpc) is 3.00. The Kier molecular flexibility index (Phi) is 6.21. The van der Waals surface area contributed by atoms with Gasteiger partial charge in [0, 0.05) is 0 Å². The molecule has 0 atom stereocenters. The third-order valence-electron chi connectivity index (χ3n) is 3.44.